The molecule has 1 aliphatic rings. The second-order valence-corrected chi connectivity index (χ2v) is 5.51. The molecule has 2 heterocycles. The van der Waals surface area contributed by atoms with Crippen LogP contribution in [0.2, 0.25) is 15.2 Å². The maximum atomic E-state index is 12.1. The average Bonchev–Trinajstić information content (AvgIpc) is 2.71. The van der Waals surface area contributed by atoms with E-state index in [9.17, 15) is 9.59 Å². The van der Waals surface area contributed by atoms with Crippen molar-refractivity contribution in [2.75, 3.05) is 4.90 Å². The van der Waals surface area contributed by atoms with Gasteiger partial charge in [-0.25, -0.2) is 4.98 Å². The fourth-order valence-electron chi connectivity index (χ4n) is 2.09. The van der Waals surface area contributed by atoms with Crippen molar-refractivity contribution < 1.29 is 9.59 Å². The third-order valence-electron chi connectivity index (χ3n) is 3.01. The molecule has 0 radical (unpaired) electrons. The quantitative estimate of drug-likeness (QED) is 0.786. The molecule has 0 aliphatic carbocycles. The van der Waals surface area contributed by atoms with Gasteiger partial charge in [-0.1, -0.05) is 34.8 Å². The summed E-state index contributed by atoms with van der Waals surface area (Å²) >= 11 is 17.7. The van der Waals surface area contributed by atoms with E-state index in [1.807, 2.05) is 0 Å². The molecular formula is C13H6Cl3N3O2. The summed E-state index contributed by atoms with van der Waals surface area (Å²) in [5.74, 6) is -1.38. The molecule has 21 heavy (non-hydrogen) atoms. The average molecular weight is 343 g/mol. The largest absolute Gasteiger partial charge is 0.299 e. The van der Waals surface area contributed by atoms with Gasteiger partial charge < -0.3 is 0 Å². The van der Waals surface area contributed by atoms with Crippen LogP contribution < -0.4 is 4.90 Å². The van der Waals surface area contributed by atoms with E-state index in [0.717, 1.165) is 0 Å². The zero-order valence-electron chi connectivity index (χ0n) is 10.3. The minimum Gasteiger partial charge on any atom is -0.297 e. The Morgan fingerprint density at radius 1 is 1.00 bits per heavy atom. The van der Waals surface area contributed by atoms with Gasteiger partial charge in [-0.3, -0.25) is 19.5 Å². The zero-order chi connectivity index (χ0) is 15.1. The highest BCUT2D eigenvalue weighted by Crippen LogP contribution is 2.40. The number of hydrogen-bond acceptors (Lipinski definition) is 4. The molecule has 0 unspecified atom stereocenters. The molecule has 0 saturated heterocycles. The van der Waals surface area contributed by atoms with Gasteiger partial charge in [0.2, 0.25) is 0 Å². The summed E-state index contributed by atoms with van der Waals surface area (Å²) in [7, 11) is 0. The van der Waals surface area contributed by atoms with Crippen LogP contribution >= 0.6 is 34.8 Å². The van der Waals surface area contributed by atoms with Gasteiger partial charge in [0.15, 0.2) is 0 Å². The molecule has 106 valence electrons. The number of halogens is 3. The fraction of sp³-hybridized carbons (Fsp3) is 0.0769. The molecule has 1 aromatic heterocycles. The SMILES string of the molecule is O=C1C(=O)N(Cc2cnc(Cl)cn2)c2c(Cl)ccc(Cl)c21. The maximum absolute atomic E-state index is 12.1. The number of fused-ring (bicyclic) bond motifs is 1. The lowest BCUT2D eigenvalue weighted by atomic mass is 10.1. The van der Waals surface area contributed by atoms with Gasteiger partial charge in [-0.05, 0) is 12.1 Å². The molecule has 0 spiro atoms. The van der Waals surface area contributed by atoms with Crippen LogP contribution in [0.5, 0.6) is 0 Å². The Morgan fingerprint density at radius 3 is 2.38 bits per heavy atom. The Morgan fingerprint density at radius 2 is 1.71 bits per heavy atom. The Labute approximate surface area is 134 Å². The normalized spacial score (nSPS) is 13.8. The van der Waals surface area contributed by atoms with Crippen molar-refractivity contribution >= 4 is 52.2 Å². The van der Waals surface area contributed by atoms with Crippen molar-refractivity contribution in [3.8, 4) is 0 Å². The monoisotopic (exact) mass is 341 g/mol. The van der Waals surface area contributed by atoms with Gasteiger partial charge in [-0.2, -0.15) is 0 Å². The highest BCUT2D eigenvalue weighted by Gasteiger charge is 2.39. The minimum absolute atomic E-state index is 0.0573. The fourth-order valence-corrected chi connectivity index (χ4v) is 2.68. The van der Waals surface area contributed by atoms with E-state index in [-0.39, 0.29) is 27.3 Å². The maximum Gasteiger partial charge on any atom is 0.299 e. The number of carbonyl (C=O) groups is 2. The number of ketones is 1. The first-order valence-electron chi connectivity index (χ1n) is 5.79. The first-order valence-corrected chi connectivity index (χ1v) is 6.93. The Hall–Kier alpha value is -1.69. The van der Waals surface area contributed by atoms with Crippen molar-refractivity contribution in [1.29, 1.82) is 0 Å². The topological polar surface area (TPSA) is 63.2 Å². The first kappa shape index (κ1) is 14.3. The third-order valence-corrected chi connectivity index (χ3v) is 3.82. The van der Waals surface area contributed by atoms with Gasteiger partial charge in [0.25, 0.3) is 11.7 Å². The van der Waals surface area contributed by atoms with Gasteiger partial charge >= 0.3 is 0 Å². The molecule has 3 rings (SSSR count). The van der Waals surface area contributed by atoms with Gasteiger partial charge in [-0.15, -0.1) is 0 Å². The standard InChI is InChI=1S/C13H6Cl3N3O2/c14-7-1-2-8(15)11-10(7)12(20)13(21)19(11)5-6-3-18-9(16)4-17-6/h1-4H,5H2. The summed E-state index contributed by atoms with van der Waals surface area (Å²) in [4.78, 5) is 33.3. The Kier molecular flexibility index (Phi) is 3.57. The van der Waals surface area contributed by atoms with Crippen LogP contribution in [-0.2, 0) is 11.3 Å². The van der Waals surface area contributed by atoms with E-state index in [1.165, 1.54) is 29.4 Å². The summed E-state index contributed by atoms with van der Waals surface area (Å²) in [5, 5.41) is 0.706. The van der Waals surface area contributed by atoms with E-state index in [0.29, 0.717) is 11.4 Å². The van der Waals surface area contributed by atoms with Crippen LogP contribution in [0.1, 0.15) is 16.1 Å². The number of hydrogen-bond donors (Lipinski definition) is 0. The third kappa shape index (κ3) is 2.37. The van der Waals surface area contributed by atoms with E-state index >= 15 is 0 Å². The van der Waals surface area contributed by atoms with Crippen molar-refractivity contribution in [3.05, 3.63) is 51.0 Å². The molecule has 0 saturated carbocycles. The second kappa shape index (κ2) is 5.26. The number of benzene rings is 1. The van der Waals surface area contributed by atoms with E-state index < -0.39 is 11.7 Å². The Bertz CT molecular complexity index is 762. The highest BCUT2D eigenvalue weighted by molar-refractivity contribution is 6.56. The predicted octanol–water partition coefficient (Wildman–Crippen LogP) is 3.17. The van der Waals surface area contributed by atoms with Gasteiger partial charge in [0, 0.05) is 0 Å². The molecule has 0 bridgehead atoms. The second-order valence-electron chi connectivity index (χ2n) is 4.30. The van der Waals surface area contributed by atoms with Gasteiger partial charge in [0.1, 0.15) is 5.15 Å². The lowest BCUT2D eigenvalue weighted by molar-refractivity contribution is -0.114. The molecule has 1 amide bonds. The van der Waals surface area contributed by atoms with Crippen LogP contribution in [0, 0.1) is 0 Å². The van der Waals surface area contributed by atoms with E-state index in [4.69, 9.17) is 34.8 Å². The lowest BCUT2D eigenvalue weighted by Gasteiger charge is -2.17. The smallest absolute Gasteiger partial charge is 0.297 e. The van der Waals surface area contributed by atoms with Gasteiger partial charge in [0.05, 0.1) is 45.9 Å². The summed E-state index contributed by atoms with van der Waals surface area (Å²) in [5.41, 5.74) is 0.899. The first-order chi connectivity index (χ1) is 9.99. The molecule has 8 heteroatoms. The molecule has 0 N–H and O–H groups in total. The molecule has 1 aromatic carbocycles. The number of Topliss-reactive ketones (excluding diaryl/α,β-unsaturated/α-hetero) is 1. The molecule has 0 atom stereocenters. The number of rotatable bonds is 2. The van der Waals surface area contributed by atoms with E-state index in [1.54, 1.807) is 0 Å². The summed E-state index contributed by atoms with van der Waals surface area (Å²) in [6.45, 7) is 0.0573. The number of aromatic nitrogens is 2. The highest BCUT2D eigenvalue weighted by atomic mass is 35.5. The Balaban J connectivity index is 2.05. The van der Waals surface area contributed by atoms with Crippen LogP contribution in [0.3, 0.4) is 0 Å². The van der Waals surface area contributed by atoms with Crippen molar-refractivity contribution in [1.82, 2.24) is 9.97 Å². The molecule has 0 fully saturated rings. The van der Waals surface area contributed by atoms with Crippen molar-refractivity contribution in [3.63, 3.8) is 0 Å². The van der Waals surface area contributed by atoms with Crippen LogP contribution in [-0.4, -0.2) is 21.7 Å². The van der Waals surface area contributed by atoms with Crippen LogP contribution in [0.25, 0.3) is 0 Å². The van der Waals surface area contributed by atoms with E-state index in [2.05, 4.69) is 9.97 Å². The molecule has 2 aromatic rings. The predicted molar refractivity (Wildman–Crippen MR) is 79.0 cm³/mol. The molecule has 1 aliphatic heterocycles. The van der Waals surface area contributed by atoms with Crippen LogP contribution in [0.4, 0.5) is 5.69 Å². The summed E-state index contributed by atoms with van der Waals surface area (Å²) in [6, 6.07) is 3.02. The van der Waals surface area contributed by atoms with Crippen LogP contribution in [0.15, 0.2) is 24.5 Å². The lowest BCUT2D eigenvalue weighted by Crippen LogP contribution is -2.29. The minimum atomic E-state index is -0.697. The molecule has 5 nitrogen and oxygen atoms in total. The number of anilines is 1. The van der Waals surface area contributed by atoms with Crippen molar-refractivity contribution in [2.45, 2.75) is 6.54 Å². The summed E-state index contributed by atoms with van der Waals surface area (Å²) < 4.78 is 0. The number of amides is 1. The number of nitrogens with zero attached hydrogens (tertiary/aromatic N) is 3. The number of carbonyl (C=O) groups excluding carboxylic acids is 2. The summed E-state index contributed by atoms with van der Waals surface area (Å²) in [6.07, 6.45) is 2.79. The van der Waals surface area contributed by atoms with Crippen molar-refractivity contribution in [2.24, 2.45) is 0 Å². The zero-order valence-corrected chi connectivity index (χ0v) is 12.6. The molecular weight excluding hydrogens is 337 g/mol.